The van der Waals surface area contributed by atoms with Gasteiger partial charge in [-0.1, -0.05) is 19.1 Å². The van der Waals surface area contributed by atoms with Crippen LogP contribution in [-0.2, 0) is 16.0 Å². The highest BCUT2D eigenvalue weighted by molar-refractivity contribution is 5.95. The van der Waals surface area contributed by atoms with Crippen LogP contribution in [0.5, 0.6) is 0 Å². The average Bonchev–Trinajstić information content (AvgIpc) is 2.40. The van der Waals surface area contributed by atoms with Gasteiger partial charge in [-0.2, -0.15) is 0 Å². The van der Waals surface area contributed by atoms with Crippen LogP contribution >= 0.6 is 0 Å². The number of anilines is 1. The minimum atomic E-state index is -0.242. The first-order chi connectivity index (χ1) is 8.29. The van der Waals surface area contributed by atoms with Crippen LogP contribution in [0.4, 0.5) is 5.69 Å². The van der Waals surface area contributed by atoms with Crippen LogP contribution in [0.25, 0.3) is 0 Å². The SMILES string of the molecule is CCc1cccc(NC(=O)C2COCCN2)c1. The minimum Gasteiger partial charge on any atom is -0.378 e. The van der Waals surface area contributed by atoms with Crippen molar-refractivity contribution in [2.24, 2.45) is 0 Å². The molecule has 4 nitrogen and oxygen atoms in total. The maximum absolute atomic E-state index is 11.9. The molecule has 0 aromatic heterocycles. The summed E-state index contributed by atoms with van der Waals surface area (Å²) in [5, 5.41) is 6.04. The number of amides is 1. The van der Waals surface area contributed by atoms with Gasteiger partial charge in [0.15, 0.2) is 0 Å². The molecule has 1 aliphatic heterocycles. The summed E-state index contributed by atoms with van der Waals surface area (Å²) in [6.45, 7) is 3.94. The number of aryl methyl sites for hydroxylation is 1. The minimum absolute atomic E-state index is 0.0297. The van der Waals surface area contributed by atoms with E-state index in [0.29, 0.717) is 13.2 Å². The molecular formula is C13H18N2O2. The largest absolute Gasteiger partial charge is 0.378 e. The number of ether oxygens (including phenoxy) is 1. The number of carbonyl (C=O) groups excluding carboxylic acids is 1. The fourth-order valence-corrected chi connectivity index (χ4v) is 1.83. The first-order valence-corrected chi connectivity index (χ1v) is 6.00. The lowest BCUT2D eigenvalue weighted by molar-refractivity contribution is -0.120. The lowest BCUT2D eigenvalue weighted by Crippen LogP contribution is -2.48. The van der Waals surface area contributed by atoms with Crippen molar-refractivity contribution < 1.29 is 9.53 Å². The van der Waals surface area contributed by atoms with Crippen molar-refractivity contribution in [3.63, 3.8) is 0 Å². The molecule has 1 aromatic rings. The van der Waals surface area contributed by atoms with E-state index >= 15 is 0 Å². The van der Waals surface area contributed by atoms with Crippen LogP contribution in [0.2, 0.25) is 0 Å². The highest BCUT2D eigenvalue weighted by atomic mass is 16.5. The normalized spacial score (nSPS) is 19.9. The maximum Gasteiger partial charge on any atom is 0.243 e. The van der Waals surface area contributed by atoms with Gasteiger partial charge in [0.2, 0.25) is 5.91 Å². The number of rotatable bonds is 3. The average molecular weight is 234 g/mol. The third-order valence-corrected chi connectivity index (χ3v) is 2.84. The summed E-state index contributed by atoms with van der Waals surface area (Å²) in [6, 6.07) is 7.67. The fourth-order valence-electron chi connectivity index (χ4n) is 1.83. The van der Waals surface area contributed by atoms with Gasteiger partial charge in [-0.3, -0.25) is 4.79 Å². The molecule has 4 heteroatoms. The number of benzene rings is 1. The van der Waals surface area contributed by atoms with Crippen LogP contribution in [0.15, 0.2) is 24.3 Å². The van der Waals surface area contributed by atoms with Crippen molar-refractivity contribution in [1.82, 2.24) is 5.32 Å². The third-order valence-electron chi connectivity index (χ3n) is 2.84. The van der Waals surface area contributed by atoms with E-state index < -0.39 is 0 Å². The summed E-state index contributed by atoms with van der Waals surface area (Å²) < 4.78 is 5.26. The maximum atomic E-state index is 11.9. The first-order valence-electron chi connectivity index (χ1n) is 6.00. The molecule has 1 amide bonds. The standard InChI is InChI=1S/C13H18N2O2/c1-2-10-4-3-5-11(8-10)15-13(16)12-9-17-7-6-14-12/h3-5,8,12,14H,2,6-7,9H2,1H3,(H,15,16). The molecular weight excluding hydrogens is 216 g/mol. The Balaban J connectivity index is 1.96. The van der Waals surface area contributed by atoms with E-state index in [9.17, 15) is 4.79 Å². The molecule has 1 atom stereocenters. The molecule has 0 bridgehead atoms. The van der Waals surface area contributed by atoms with Gasteiger partial charge in [-0.05, 0) is 24.1 Å². The molecule has 1 unspecified atom stereocenters. The van der Waals surface area contributed by atoms with Gasteiger partial charge >= 0.3 is 0 Å². The summed E-state index contributed by atoms with van der Waals surface area (Å²) in [4.78, 5) is 11.9. The van der Waals surface area contributed by atoms with Crippen LogP contribution in [-0.4, -0.2) is 31.7 Å². The highest BCUT2D eigenvalue weighted by Gasteiger charge is 2.20. The monoisotopic (exact) mass is 234 g/mol. The zero-order valence-corrected chi connectivity index (χ0v) is 10.0. The predicted octanol–water partition coefficient (Wildman–Crippen LogP) is 1.18. The highest BCUT2D eigenvalue weighted by Crippen LogP contribution is 2.11. The Morgan fingerprint density at radius 1 is 1.59 bits per heavy atom. The number of hydrogen-bond acceptors (Lipinski definition) is 3. The van der Waals surface area contributed by atoms with E-state index in [1.807, 2.05) is 18.2 Å². The van der Waals surface area contributed by atoms with Gasteiger partial charge in [0.1, 0.15) is 6.04 Å². The van der Waals surface area contributed by atoms with E-state index in [0.717, 1.165) is 18.7 Å². The quantitative estimate of drug-likeness (QED) is 0.825. The van der Waals surface area contributed by atoms with Crippen LogP contribution in [0, 0.1) is 0 Å². The van der Waals surface area contributed by atoms with Crippen molar-refractivity contribution in [2.75, 3.05) is 25.1 Å². The lowest BCUT2D eigenvalue weighted by atomic mass is 10.1. The third kappa shape index (κ3) is 3.28. The Morgan fingerprint density at radius 3 is 3.18 bits per heavy atom. The summed E-state index contributed by atoms with van der Waals surface area (Å²) >= 11 is 0. The fraction of sp³-hybridized carbons (Fsp3) is 0.462. The second-order valence-corrected chi connectivity index (χ2v) is 4.12. The summed E-state index contributed by atoms with van der Waals surface area (Å²) in [6.07, 6.45) is 0.967. The molecule has 92 valence electrons. The van der Waals surface area contributed by atoms with Gasteiger partial charge in [-0.15, -0.1) is 0 Å². The molecule has 0 saturated carbocycles. The summed E-state index contributed by atoms with van der Waals surface area (Å²) in [5.74, 6) is -0.0297. The van der Waals surface area contributed by atoms with Gasteiger partial charge in [0, 0.05) is 12.2 Å². The number of morpholine rings is 1. The lowest BCUT2D eigenvalue weighted by Gasteiger charge is -2.22. The van der Waals surface area contributed by atoms with Crippen LogP contribution in [0.1, 0.15) is 12.5 Å². The van der Waals surface area contributed by atoms with E-state index in [-0.39, 0.29) is 11.9 Å². The molecule has 1 heterocycles. The van der Waals surface area contributed by atoms with E-state index in [1.54, 1.807) is 0 Å². The Hall–Kier alpha value is -1.39. The molecule has 1 fully saturated rings. The second kappa shape index (κ2) is 5.80. The number of carbonyl (C=O) groups is 1. The van der Waals surface area contributed by atoms with E-state index in [2.05, 4.69) is 23.6 Å². The molecule has 0 spiro atoms. The molecule has 17 heavy (non-hydrogen) atoms. The summed E-state index contributed by atoms with van der Waals surface area (Å²) in [7, 11) is 0. The molecule has 1 aromatic carbocycles. The molecule has 2 rings (SSSR count). The van der Waals surface area contributed by atoms with Crippen LogP contribution in [0.3, 0.4) is 0 Å². The smallest absolute Gasteiger partial charge is 0.243 e. The van der Waals surface area contributed by atoms with E-state index in [1.165, 1.54) is 5.56 Å². The number of hydrogen-bond donors (Lipinski definition) is 2. The molecule has 0 radical (unpaired) electrons. The Bertz CT molecular complexity index is 387. The molecule has 2 N–H and O–H groups in total. The topological polar surface area (TPSA) is 50.4 Å². The summed E-state index contributed by atoms with van der Waals surface area (Å²) in [5.41, 5.74) is 2.07. The van der Waals surface area contributed by atoms with Crippen LogP contribution < -0.4 is 10.6 Å². The molecule has 1 saturated heterocycles. The molecule has 1 aliphatic rings. The van der Waals surface area contributed by atoms with Crippen molar-refractivity contribution in [3.8, 4) is 0 Å². The second-order valence-electron chi connectivity index (χ2n) is 4.12. The van der Waals surface area contributed by atoms with Gasteiger partial charge < -0.3 is 15.4 Å². The Labute approximate surface area is 101 Å². The molecule has 0 aliphatic carbocycles. The number of nitrogens with one attached hydrogen (secondary N) is 2. The van der Waals surface area contributed by atoms with Gasteiger partial charge in [-0.25, -0.2) is 0 Å². The van der Waals surface area contributed by atoms with Crippen molar-refractivity contribution in [2.45, 2.75) is 19.4 Å². The Morgan fingerprint density at radius 2 is 2.47 bits per heavy atom. The Kier molecular flexibility index (Phi) is 4.12. The predicted molar refractivity (Wildman–Crippen MR) is 67.1 cm³/mol. The van der Waals surface area contributed by atoms with Gasteiger partial charge in [0.25, 0.3) is 0 Å². The van der Waals surface area contributed by atoms with Crippen molar-refractivity contribution >= 4 is 11.6 Å². The van der Waals surface area contributed by atoms with Crippen molar-refractivity contribution in [1.29, 1.82) is 0 Å². The van der Waals surface area contributed by atoms with Crippen molar-refractivity contribution in [3.05, 3.63) is 29.8 Å². The van der Waals surface area contributed by atoms with E-state index in [4.69, 9.17) is 4.74 Å². The zero-order valence-electron chi connectivity index (χ0n) is 10.0. The first kappa shape index (κ1) is 12.1. The van der Waals surface area contributed by atoms with Gasteiger partial charge in [0.05, 0.1) is 13.2 Å². The zero-order chi connectivity index (χ0) is 12.1.